The Morgan fingerprint density at radius 2 is 2.00 bits per heavy atom. The Morgan fingerprint density at radius 1 is 1.31 bits per heavy atom. The largest absolute Gasteiger partial charge is 0.391 e. The third kappa shape index (κ3) is 4.06. The number of ether oxygens (including phenoxy) is 1. The fourth-order valence-electron chi connectivity index (χ4n) is 1.25. The minimum absolute atomic E-state index is 0.342. The molecule has 1 aromatic rings. The molecule has 0 aliphatic carbocycles. The highest BCUT2D eigenvalue weighted by atomic mass is 16.5. The van der Waals surface area contributed by atoms with E-state index in [9.17, 15) is 5.11 Å². The first-order valence-corrected chi connectivity index (χ1v) is 4.54. The Labute approximate surface area is 79.2 Å². The summed E-state index contributed by atoms with van der Waals surface area (Å²) in [5.74, 6) is 0. The van der Waals surface area contributed by atoms with Crippen molar-refractivity contribution in [2.45, 2.75) is 18.9 Å². The van der Waals surface area contributed by atoms with Crippen molar-refractivity contribution in [2.24, 2.45) is 0 Å². The van der Waals surface area contributed by atoms with Crippen LogP contribution in [0.5, 0.6) is 0 Å². The van der Waals surface area contributed by atoms with E-state index < -0.39 is 0 Å². The minimum Gasteiger partial charge on any atom is -0.391 e. The first-order chi connectivity index (χ1) is 6.33. The van der Waals surface area contributed by atoms with E-state index in [0.717, 1.165) is 12.8 Å². The lowest BCUT2D eigenvalue weighted by Gasteiger charge is -2.08. The molecule has 0 amide bonds. The van der Waals surface area contributed by atoms with Gasteiger partial charge in [0.2, 0.25) is 0 Å². The lowest BCUT2D eigenvalue weighted by atomic mass is 10.1. The number of aliphatic hydroxyl groups excluding tert-OH is 1. The van der Waals surface area contributed by atoms with E-state index in [1.54, 1.807) is 7.11 Å². The van der Waals surface area contributed by atoms with E-state index in [-0.39, 0.29) is 6.10 Å². The van der Waals surface area contributed by atoms with Crippen LogP contribution in [0.15, 0.2) is 30.3 Å². The van der Waals surface area contributed by atoms with Crippen LogP contribution in [-0.2, 0) is 11.2 Å². The van der Waals surface area contributed by atoms with Crippen molar-refractivity contribution in [3.63, 3.8) is 0 Å². The molecule has 2 nitrogen and oxygen atoms in total. The zero-order valence-electron chi connectivity index (χ0n) is 7.94. The van der Waals surface area contributed by atoms with Crippen LogP contribution in [0.2, 0.25) is 0 Å². The predicted molar refractivity (Wildman–Crippen MR) is 52.6 cm³/mol. The van der Waals surface area contributed by atoms with Gasteiger partial charge in [0.1, 0.15) is 0 Å². The summed E-state index contributed by atoms with van der Waals surface area (Å²) in [5, 5.41) is 9.39. The molecule has 0 aliphatic rings. The molecule has 0 bridgehead atoms. The second-order valence-electron chi connectivity index (χ2n) is 3.13. The van der Waals surface area contributed by atoms with Gasteiger partial charge in [-0.05, 0) is 18.4 Å². The Balaban J connectivity index is 2.27. The second-order valence-corrected chi connectivity index (χ2v) is 3.13. The molecule has 0 radical (unpaired) electrons. The van der Waals surface area contributed by atoms with Crippen LogP contribution in [0.4, 0.5) is 0 Å². The molecule has 0 aromatic heterocycles. The molecule has 0 aliphatic heterocycles. The van der Waals surface area contributed by atoms with E-state index in [4.69, 9.17) is 4.74 Å². The maximum absolute atomic E-state index is 9.39. The fraction of sp³-hybridized carbons (Fsp3) is 0.455. The van der Waals surface area contributed by atoms with Crippen LogP contribution in [0.1, 0.15) is 12.0 Å². The zero-order valence-corrected chi connectivity index (χ0v) is 7.94. The average Bonchev–Trinajstić information content (AvgIpc) is 2.17. The van der Waals surface area contributed by atoms with Crippen molar-refractivity contribution in [2.75, 3.05) is 13.7 Å². The average molecular weight is 180 g/mol. The van der Waals surface area contributed by atoms with Gasteiger partial charge in [-0.2, -0.15) is 0 Å². The summed E-state index contributed by atoms with van der Waals surface area (Å²) >= 11 is 0. The SMILES string of the molecule is COC[C@@H](O)CCc1ccccc1. The van der Waals surface area contributed by atoms with Crippen LogP contribution in [0.25, 0.3) is 0 Å². The molecule has 72 valence electrons. The molecule has 0 unspecified atom stereocenters. The molecule has 0 heterocycles. The lowest BCUT2D eigenvalue weighted by Crippen LogP contribution is -2.14. The number of hydrogen-bond acceptors (Lipinski definition) is 2. The van der Waals surface area contributed by atoms with Crippen LogP contribution in [0, 0.1) is 0 Å². The first-order valence-electron chi connectivity index (χ1n) is 4.54. The molecular weight excluding hydrogens is 164 g/mol. The summed E-state index contributed by atoms with van der Waals surface area (Å²) < 4.78 is 4.84. The summed E-state index contributed by atoms with van der Waals surface area (Å²) in [6.07, 6.45) is 1.33. The van der Waals surface area contributed by atoms with Crippen LogP contribution < -0.4 is 0 Å². The molecule has 13 heavy (non-hydrogen) atoms. The molecule has 2 heteroatoms. The van der Waals surface area contributed by atoms with E-state index in [1.807, 2.05) is 18.2 Å². The summed E-state index contributed by atoms with van der Waals surface area (Å²) in [4.78, 5) is 0. The van der Waals surface area contributed by atoms with Gasteiger partial charge in [0.05, 0.1) is 12.7 Å². The maximum Gasteiger partial charge on any atom is 0.0776 e. The van der Waals surface area contributed by atoms with Crippen LogP contribution in [-0.4, -0.2) is 24.9 Å². The third-order valence-electron chi connectivity index (χ3n) is 1.97. The Bertz CT molecular complexity index is 221. The zero-order chi connectivity index (χ0) is 9.52. The highest BCUT2D eigenvalue weighted by Gasteiger charge is 2.02. The molecule has 0 spiro atoms. The maximum atomic E-state index is 9.39. The van der Waals surface area contributed by atoms with Crippen molar-refractivity contribution >= 4 is 0 Å². The second kappa shape index (κ2) is 5.73. The van der Waals surface area contributed by atoms with Gasteiger partial charge in [-0.25, -0.2) is 0 Å². The number of rotatable bonds is 5. The highest BCUT2D eigenvalue weighted by molar-refractivity contribution is 5.14. The standard InChI is InChI=1S/C11H16O2/c1-13-9-11(12)8-7-10-5-3-2-4-6-10/h2-6,11-12H,7-9H2,1H3/t11-/m0/s1. The van der Waals surface area contributed by atoms with E-state index in [0.29, 0.717) is 6.61 Å². The molecule has 1 atom stereocenters. The Morgan fingerprint density at radius 3 is 2.62 bits per heavy atom. The molecule has 0 saturated carbocycles. The van der Waals surface area contributed by atoms with Gasteiger partial charge >= 0.3 is 0 Å². The molecular formula is C11H16O2. The number of aryl methyl sites for hydroxylation is 1. The van der Waals surface area contributed by atoms with Crippen molar-refractivity contribution in [1.29, 1.82) is 0 Å². The van der Waals surface area contributed by atoms with Gasteiger partial charge in [0, 0.05) is 7.11 Å². The lowest BCUT2D eigenvalue weighted by molar-refractivity contribution is 0.0595. The van der Waals surface area contributed by atoms with Gasteiger partial charge in [0.25, 0.3) is 0 Å². The monoisotopic (exact) mass is 180 g/mol. The quantitative estimate of drug-likeness (QED) is 0.746. The number of hydrogen-bond donors (Lipinski definition) is 1. The Hall–Kier alpha value is -0.860. The van der Waals surface area contributed by atoms with Crippen LogP contribution >= 0.6 is 0 Å². The number of aliphatic hydroxyl groups is 1. The predicted octanol–water partition coefficient (Wildman–Crippen LogP) is 1.63. The van der Waals surface area contributed by atoms with E-state index >= 15 is 0 Å². The van der Waals surface area contributed by atoms with Gasteiger partial charge in [-0.15, -0.1) is 0 Å². The summed E-state index contributed by atoms with van der Waals surface area (Å²) in [6.45, 7) is 0.423. The van der Waals surface area contributed by atoms with E-state index in [1.165, 1.54) is 5.56 Å². The Kier molecular flexibility index (Phi) is 4.50. The minimum atomic E-state index is -0.342. The number of methoxy groups -OCH3 is 1. The van der Waals surface area contributed by atoms with Crippen LogP contribution in [0.3, 0.4) is 0 Å². The van der Waals surface area contributed by atoms with Crippen molar-refractivity contribution in [1.82, 2.24) is 0 Å². The number of benzene rings is 1. The highest BCUT2D eigenvalue weighted by Crippen LogP contribution is 2.04. The smallest absolute Gasteiger partial charge is 0.0776 e. The molecule has 1 N–H and O–H groups in total. The molecule has 1 rings (SSSR count). The summed E-state index contributed by atoms with van der Waals surface area (Å²) in [6, 6.07) is 10.2. The van der Waals surface area contributed by atoms with Crippen molar-refractivity contribution in [3.05, 3.63) is 35.9 Å². The summed E-state index contributed by atoms with van der Waals surface area (Å²) in [5.41, 5.74) is 1.26. The topological polar surface area (TPSA) is 29.5 Å². The van der Waals surface area contributed by atoms with Gasteiger partial charge in [-0.3, -0.25) is 0 Å². The van der Waals surface area contributed by atoms with Gasteiger partial charge < -0.3 is 9.84 Å². The van der Waals surface area contributed by atoms with Gasteiger partial charge in [-0.1, -0.05) is 30.3 Å². The fourth-order valence-corrected chi connectivity index (χ4v) is 1.25. The third-order valence-corrected chi connectivity index (χ3v) is 1.97. The first kappa shape index (κ1) is 10.2. The molecule has 0 saturated heterocycles. The normalized spacial score (nSPS) is 12.8. The molecule has 0 fully saturated rings. The van der Waals surface area contributed by atoms with Crippen molar-refractivity contribution in [3.8, 4) is 0 Å². The van der Waals surface area contributed by atoms with Gasteiger partial charge in [0.15, 0.2) is 0 Å². The van der Waals surface area contributed by atoms with E-state index in [2.05, 4.69) is 12.1 Å². The van der Waals surface area contributed by atoms with Crippen molar-refractivity contribution < 1.29 is 9.84 Å². The summed E-state index contributed by atoms with van der Waals surface area (Å²) in [7, 11) is 1.60. The molecule has 1 aromatic carbocycles.